The number of aromatic nitrogens is 3. The summed E-state index contributed by atoms with van der Waals surface area (Å²) in [5, 5.41) is 22.3. The van der Waals surface area contributed by atoms with Gasteiger partial charge in [-0.15, -0.1) is 0 Å². The maximum Gasteiger partial charge on any atom is 0.243 e. The normalized spacial score (nSPS) is 22.2. The molecule has 3 aromatic rings. The van der Waals surface area contributed by atoms with Crippen LogP contribution in [-0.4, -0.2) is 46.3 Å². The van der Waals surface area contributed by atoms with Crippen LogP contribution in [0, 0.1) is 0 Å². The number of benzene rings is 2. The van der Waals surface area contributed by atoms with Crippen LogP contribution >= 0.6 is 0 Å². The smallest absolute Gasteiger partial charge is 0.243 e. The van der Waals surface area contributed by atoms with E-state index in [0.29, 0.717) is 11.1 Å². The topological polar surface area (TPSA) is 99.2 Å². The van der Waals surface area contributed by atoms with Gasteiger partial charge in [-0.2, -0.15) is 19.7 Å². The molecule has 2 aromatic carbocycles. The van der Waals surface area contributed by atoms with Gasteiger partial charge in [0.25, 0.3) is 0 Å². The van der Waals surface area contributed by atoms with Crippen LogP contribution in [0.4, 0.5) is 0 Å². The molecule has 0 unspecified atom stereocenters. The Bertz CT molecular complexity index is 982. The first-order valence-corrected chi connectivity index (χ1v) is 9.01. The van der Waals surface area contributed by atoms with Crippen molar-refractivity contribution in [3.8, 4) is 0 Å². The van der Waals surface area contributed by atoms with E-state index in [9.17, 15) is 13.5 Å². The molecule has 2 heterocycles. The van der Waals surface area contributed by atoms with Gasteiger partial charge in [0.2, 0.25) is 10.0 Å². The number of rotatable bonds is 3. The summed E-state index contributed by atoms with van der Waals surface area (Å²) < 4.78 is 27.5. The zero-order valence-electron chi connectivity index (χ0n) is 12.8. The Labute approximate surface area is 139 Å². The second-order valence-electron chi connectivity index (χ2n) is 5.95. The number of sulfonamides is 1. The Morgan fingerprint density at radius 2 is 1.96 bits per heavy atom. The molecule has 0 spiro atoms. The van der Waals surface area contributed by atoms with Crippen LogP contribution in [-0.2, 0) is 15.6 Å². The first kappa shape index (κ1) is 15.3. The van der Waals surface area contributed by atoms with Crippen molar-refractivity contribution in [3.05, 3.63) is 54.4 Å². The number of nitrogens with one attached hydrogen (secondary N) is 1. The Morgan fingerprint density at radius 3 is 2.75 bits per heavy atom. The molecule has 0 bridgehead atoms. The number of aliphatic hydroxyl groups is 1. The van der Waals surface area contributed by atoms with E-state index in [1.807, 2.05) is 24.3 Å². The maximum atomic E-state index is 13.1. The lowest BCUT2D eigenvalue weighted by Gasteiger charge is -2.21. The summed E-state index contributed by atoms with van der Waals surface area (Å²) >= 11 is 0. The van der Waals surface area contributed by atoms with Gasteiger partial charge in [-0.3, -0.25) is 0 Å². The fourth-order valence-electron chi connectivity index (χ4n) is 3.16. The second kappa shape index (κ2) is 5.37. The average Bonchev–Trinajstić information content (AvgIpc) is 3.25. The molecule has 1 aliphatic rings. The fourth-order valence-corrected chi connectivity index (χ4v) is 4.87. The van der Waals surface area contributed by atoms with Gasteiger partial charge in [0, 0.05) is 18.5 Å². The lowest BCUT2D eigenvalue weighted by Crippen LogP contribution is -2.34. The van der Waals surface area contributed by atoms with Crippen molar-refractivity contribution >= 4 is 20.8 Å². The third-order valence-electron chi connectivity index (χ3n) is 4.47. The van der Waals surface area contributed by atoms with E-state index in [-0.39, 0.29) is 24.4 Å². The van der Waals surface area contributed by atoms with E-state index in [4.69, 9.17) is 0 Å². The predicted octanol–water partition coefficient (Wildman–Crippen LogP) is 1.24. The van der Waals surface area contributed by atoms with Gasteiger partial charge in [0.1, 0.15) is 11.3 Å². The molecule has 24 heavy (non-hydrogen) atoms. The monoisotopic (exact) mass is 344 g/mol. The second-order valence-corrected chi connectivity index (χ2v) is 7.86. The van der Waals surface area contributed by atoms with Gasteiger partial charge in [0.05, 0.1) is 11.1 Å². The van der Waals surface area contributed by atoms with Crippen LogP contribution < -0.4 is 0 Å². The van der Waals surface area contributed by atoms with Crippen LogP contribution in [0.3, 0.4) is 0 Å². The van der Waals surface area contributed by atoms with Crippen molar-refractivity contribution in [3.63, 3.8) is 0 Å². The predicted molar refractivity (Wildman–Crippen MR) is 87.6 cm³/mol. The number of H-pyrrole nitrogens is 1. The van der Waals surface area contributed by atoms with E-state index in [0.717, 1.165) is 5.39 Å². The number of hydrogen-bond acceptors (Lipinski definition) is 5. The highest BCUT2D eigenvalue weighted by Gasteiger charge is 2.44. The average molecular weight is 344 g/mol. The highest BCUT2D eigenvalue weighted by Crippen LogP contribution is 2.35. The Balaban J connectivity index is 1.74. The van der Waals surface area contributed by atoms with Crippen LogP contribution in [0.15, 0.2) is 53.6 Å². The van der Waals surface area contributed by atoms with Gasteiger partial charge in [0.15, 0.2) is 0 Å². The van der Waals surface area contributed by atoms with E-state index in [1.165, 1.54) is 10.5 Å². The van der Waals surface area contributed by atoms with Crippen molar-refractivity contribution in [2.75, 3.05) is 13.1 Å². The number of fused-ring (bicyclic) bond motifs is 1. The third-order valence-corrected chi connectivity index (χ3v) is 6.38. The Morgan fingerprint density at radius 1 is 1.17 bits per heavy atom. The summed E-state index contributed by atoms with van der Waals surface area (Å²) in [6.07, 6.45) is 1.71. The minimum Gasteiger partial charge on any atom is -0.382 e. The minimum atomic E-state index is -3.71. The number of nitrogens with zero attached hydrogens (tertiary/aromatic N) is 3. The van der Waals surface area contributed by atoms with Crippen molar-refractivity contribution < 1.29 is 13.5 Å². The van der Waals surface area contributed by atoms with Crippen LogP contribution in [0.1, 0.15) is 12.1 Å². The summed E-state index contributed by atoms with van der Waals surface area (Å²) in [4.78, 5) is 0.255. The highest BCUT2D eigenvalue weighted by atomic mass is 32.2. The van der Waals surface area contributed by atoms with Gasteiger partial charge in [-0.05, 0) is 17.9 Å². The maximum absolute atomic E-state index is 13.1. The van der Waals surface area contributed by atoms with E-state index in [1.54, 1.807) is 18.2 Å². The van der Waals surface area contributed by atoms with Gasteiger partial charge in [-0.25, -0.2) is 8.42 Å². The molecule has 8 heteroatoms. The molecule has 2 N–H and O–H groups in total. The van der Waals surface area contributed by atoms with Gasteiger partial charge in [-0.1, -0.05) is 36.4 Å². The third kappa shape index (κ3) is 2.31. The first-order chi connectivity index (χ1) is 11.5. The zero-order valence-corrected chi connectivity index (χ0v) is 13.6. The van der Waals surface area contributed by atoms with Crippen molar-refractivity contribution in [2.45, 2.75) is 16.9 Å². The highest BCUT2D eigenvalue weighted by molar-refractivity contribution is 7.89. The molecular formula is C16H16N4O3S. The summed E-state index contributed by atoms with van der Waals surface area (Å²) in [6, 6.07) is 12.6. The Kier molecular flexibility index (Phi) is 3.41. The molecule has 1 saturated heterocycles. The molecule has 7 nitrogen and oxygen atoms in total. The minimum absolute atomic E-state index is 0.0366. The largest absolute Gasteiger partial charge is 0.382 e. The molecule has 1 aromatic heterocycles. The van der Waals surface area contributed by atoms with Crippen molar-refractivity contribution in [1.82, 2.24) is 19.7 Å². The van der Waals surface area contributed by atoms with E-state index >= 15 is 0 Å². The lowest BCUT2D eigenvalue weighted by molar-refractivity contribution is 0.0485. The number of aromatic amines is 1. The quantitative estimate of drug-likeness (QED) is 0.745. The molecule has 124 valence electrons. The molecule has 0 aliphatic carbocycles. The van der Waals surface area contributed by atoms with E-state index < -0.39 is 15.6 Å². The molecule has 1 fully saturated rings. The van der Waals surface area contributed by atoms with Crippen molar-refractivity contribution in [1.29, 1.82) is 0 Å². The SMILES string of the molecule is O=S(=O)(c1cccc2ccccc12)N1CC[C@@](O)(c2cn[nH]n2)C1. The van der Waals surface area contributed by atoms with Gasteiger partial charge >= 0.3 is 0 Å². The van der Waals surface area contributed by atoms with E-state index in [2.05, 4.69) is 15.4 Å². The molecule has 4 rings (SSSR count). The van der Waals surface area contributed by atoms with Gasteiger partial charge < -0.3 is 5.11 Å². The number of β-amino-alcohol motifs (C(OH)–C–C–N with tert-alkyl or cyclic N) is 1. The molecule has 0 saturated carbocycles. The summed E-state index contributed by atoms with van der Waals surface area (Å²) in [7, 11) is -3.71. The first-order valence-electron chi connectivity index (χ1n) is 7.57. The summed E-state index contributed by atoms with van der Waals surface area (Å²) in [5.41, 5.74) is -0.955. The van der Waals surface area contributed by atoms with Crippen LogP contribution in [0.5, 0.6) is 0 Å². The molecule has 0 radical (unpaired) electrons. The number of hydrogen-bond donors (Lipinski definition) is 2. The zero-order chi connectivity index (χ0) is 16.8. The lowest BCUT2D eigenvalue weighted by atomic mass is 10.0. The fraction of sp³-hybridized carbons (Fsp3) is 0.250. The van der Waals surface area contributed by atoms with Crippen LogP contribution in [0.25, 0.3) is 10.8 Å². The Hall–Kier alpha value is -2.29. The van der Waals surface area contributed by atoms with Crippen LogP contribution in [0.2, 0.25) is 0 Å². The molecule has 1 atom stereocenters. The summed E-state index contributed by atoms with van der Waals surface area (Å²) in [6.45, 7) is 0.194. The molecule has 0 amide bonds. The molecular weight excluding hydrogens is 328 g/mol. The summed E-state index contributed by atoms with van der Waals surface area (Å²) in [5.74, 6) is 0. The van der Waals surface area contributed by atoms with Crippen molar-refractivity contribution in [2.24, 2.45) is 0 Å². The standard InChI is InChI=1S/C16H16N4O3S/c21-16(15-10-17-19-18-15)8-9-20(11-16)24(22,23)14-7-3-5-12-4-1-2-6-13(12)14/h1-7,10,21H,8-9,11H2,(H,17,18,19)/t16-/m0/s1. The molecule has 1 aliphatic heterocycles.